The van der Waals surface area contributed by atoms with E-state index in [2.05, 4.69) is 5.10 Å². The van der Waals surface area contributed by atoms with Crippen molar-refractivity contribution in [2.75, 3.05) is 0 Å². The molecule has 0 saturated heterocycles. The molecule has 0 bridgehead atoms. The van der Waals surface area contributed by atoms with Gasteiger partial charge in [-0.3, -0.25) is 4.68 Å². The number of nitrogens with zero attached hydrogens (tertiary/aromatic N) is 2. The zero-order valence-electron chi connectivity index (χ0n) is 6.42. The predicted molar refractivity (Wildman–Crippen MR) is 37.5 cm³/mol. The average molecular weight is 210 g/mol. The lowest BCUT2D eigenvalue weighted by Gasteiger charge is -2.01. The number of carbonyl (C=O) groups excluding carboxylic acids is 1. The molecule has 0 aliphatic carbocycles. The lowest BCUT2D eigenvalue weighted by Crippen LogP contribution is -2.23. The Bertz CT molecular complexity index is 351. The first-order valence-electron chi connectivity index (χ1n) is 3.17. The van der Waals surface area contributed by atoms with Crippen molar-refractivity contribution in [1.82, 2.24) is 9.78 Å². The molecule has 0 amide bonds. The molecule has 0 unspecified atom stereocenters. The van der Waals surface area contributed by atoms with Crippen LogP contribution in [-0.2, 0) is 7.05 Å². The third kappa shape index (κ3) is 1.62. The van der Waals surface area contributed by atoms with Gasteiger partial charge in [0.1, 0.15) is 10.8 Å². The topological polar surface area (TPSA) is 58.0 Å². The predicted octanol–water partition coefficient (Wildman–Crippen LogP) is 0.375. The number of aryl methyl sites for hydroxylation is 1. The molecule has 0 radical (unpaired) electrons. The van der Waals surface area contributed by atoms with E-state index in [-0.39, 0.29) is 5.15 Å². The Balaban J connectivity index is 3.35. The molecule has 1 rings (SSSR count). The van der Waals surface area contributed by atoms with E-state index in [0.717, 1.165) is 4.68 Å². The van der Waals surface area contributed by atoms with Crippen molar-refractivity contribution in [3.05, 3.63) is 16.4 Å². The molecule has 72 valence electrons. The number of halogens is 3. The van der Waals surface area contributed by atoms with Gasteiger partial charge in [0.05, 0.1) is 11.5 Å². The largest absolute Gasteiger partial charge is 0.545 e. The van der Waals surface area contributed by atoms with Gasteiger partial charge in [-0.25, -0.2) is 8.78 Å². The van der Waals surface area contributed by atoms with Crippen LogP contribution in [0.1, 0.15) is 22.5 Å². The van der Waals surface area contributed by atoms with E-state index < -0.39 is 23.7 Å². The van der Waals surface area contributed by atoms with Crippen LogP contribution in [-0.4, -0.2) is 15.7 Å². The Morgan fingerprint density at radius 2 is 2.23 bits per heavy atom. The van der Waals surface area contributed by atoms with Crippen LogP contribution in [0.25, 0.3) is 0 Å². The molecule has 0 aromatic carbocycles. The van der Waals surface area contributed by atoms with Crippen molar-refractivity contribution in [2.24, 2.45) is 7.05 Å². The van der Waals surface area contributed by atoms with E-state index in [4.69, 9.17) is 11.6 Å². The molecule has 0 spiro atoms. The van der Waals surface area contributed by atoms with E-state index >= 15 is 0 Å². The minimum Gasteiger partial charge on any atom is -0.545 e. The zero-order valence-corrected chi connectivity index (χ0v) is 7.18. The van der Waals surface area contributed by atoms with Crippen LogP contribution in [0.2, 0.25) is 5.15 Å². The second kappa shape index (κ2) is 3.29. The van der Waals surface area contributed by atoms with Crippen LogP contribution in [0.15, 0.2) is 0 Å². The van der Waals surface area contributed by atoms with Gasteiger partial charge in [-0.1, -0.05) is 11.6 Å². The molecule has 0 atom stereocenters. The molecular weight excluding hydrogens is 206 g/mol. The van der Waals surface area contributed by atoms with Crippen molar-refractivity contribution < 1.29 is 18.7 Å². The Kier molecular flexibility index (Phi) is 2.51. The summed E-state index contributed by atoms with van der Waals surface area (Å²) in [5, 5.41) is 13.3. The number of carbonyl (C=O) groups is 1. The van der Waals surface area contributed by atoms with Gasteiger partial charge >= 0.3 is 0 Å². The molecule has 0 fully saturated rings. The monoisotopic (exact) mass is 209 g/mol. The Morgan fingerprint density at radius 1 is 1.69 bits per heavy atom. The number of hydrogen-bond donors (Lipinski definition) is 0. The van der Waals surface area contributed by atoms with E-state index in [1.165, 1.54) is 7.05 Å². The van der Waals surface area contributed by atoms with Crippen molar-refractivity contribution in [1.29, 1.82) is 0 Å². The SMILES string of the molecule is Cn1nc(C(F)F)c(C(=O)[O-])c1Cl. The molecule has 7 heteroatoms. The van der Waals surface area contributed by atoms with Crippen LogP contribution >= 0.6 is 11.6 Å². The summed E-state index contributed by atoms with van der Waals surface area (Å²) in [5.41, 5.74) is -1.62. The van der Waals surface area contributed by atoms with Gasteiger partial charge in [-0.2, -0.15) is 5.10 Å². The number of aromatic carboxylic acids is 1. The van der Waals surface area contributed by atoms with Gasteiger partial charge in [-0.15, -0.1) is 0 Å². The molecule has 1 aromatic heterocycles. The summed E-state index contributed by atoms with van der Waals surface area (Å²) in [5.74, 6) is -1.76. The summed E-state index contributed by atoms with van der Waals surface area (Å²) >= 11 is 5.40. The number of aromatic nitrogens is 2. The highest BCUT2D eigenvalue weighted by Gasteiger charge is 2.22. The normalized spacial score (nSPS) is 10.8. The van der Waals surface area contributed by atoms with E-state index in [1.807, 2.05) is 0 Å². The first-order chi connectivity index (χ1) is 5.95. The van der Waals surface area contributed by atoms with Gasteiger partial charge in [0.25, 0.3) is 6.43 Å². The lowest BCUT2D eigenvalue weighted by atomic mass is 10.2. The number of hydrogen-bond acceptors (Lipinski definition) is 3. The quantitative estimate of drug-likeness (QED) is 0.707. The Hall–Kier alpha value is -1.17. The van der Waals surface area contributed by atoms with Gasteiger partial charge < -0.3 is 9.90 Å². The molecule has 0 N–H and O–H groups in total. The number of alkyl halides is 2. The minimum atomic E-state index is -2.98. The summed E-state index contributed by atoms with van der Waals surface area (Å²) in [7, 11) is 1.26. The minimum absolute atomic E-state index is 0.365. The first kappa shape index (κ1) is 9.91. The van der Waals surface area contributed by atoms with Gasteiger partial charge in [-0.05, 0) is 0 Å². The summed E-state index contributed by atoms with van der Waals surface area (Å²) in [6.07, 6.45) is -2.98. The number of rotatable bonds is 2. The Labute approximate surface area is 76.7 Å². The second-order valence-corrected chi connectivity index (χ2v) is 2.62. The third-order valence-corrected chi connectivity index (χ3v) is 1.85. The van der Waals surface area contributed by atoms with Crippen molar-refractivity contribution in [2.45, 2.75) is 6.43 Å². The maximum atomic E-state index is 12.2. The highest BCUT2D eigenvalue weighted by Crippen LogP contribution is 2.26. The molecule has 0 aliphatic rings. The molecule has 0 aliphatic heterocycles. The third-order valence-electron chi connectivity index (χ3n) is 1.42. The van der Waals surface area contributed by atoms with Crippen LogP contribution in [0.5, 0.6) is 0 Å². The summed E-state index contributed by atoms with van der Waals surface area (Å²) in [6.45, 7) is 0. The lowest BCUT2D eigenvalue weighted by molar-refractivity contribution is -0.255. The van der Waals surface area contributed by atoms with E-state index in [9.17, 15) is 18.7 Å². The average Bonchev–Trinajstić information content (AvgIpc) is 2.28. The van der Waals surface area contributed by atoms with Crippen molar-refractivity contribution in [3.8, 4) is 0 Å². The number of carboxylic acid groups (broad SMARTS) is 1. The smallest absolute Gasteiger partial charge is 0.282 e. The standard InChI is InChI=1S/C6H5ClF2N2O2/c1-11-4(7)2(6(12)13)3(10-11)5(8)9/h5H,1H3,(H,12,13)/p-1. The maximum Gasteiger partial charge on any atom is 0.282 e. The van der Waals surface area contributed by atoms with Gasteiger partial charge in [0.15, 0.2) is 0 Å². The van der Waals surface area contributed by atoms with Crippen molar-refractivity contribution >= 4 is 17.6 Å². The Morgan fingerprint density at radius 3 is 2.54 bits per heavy atom. The summed E-state index contributed by atoms with van der Waals surface area (Å²) in [6, 6.07) is 0. The molecular formula is C6H4ClF2N2O2-. The zero-order chi connectivity index (χ0) is 10.2. The van der Waals surface area contributed by atoms with Crippen molar-refractivity contribution in [3.63, 3.8) is 0 Å². The van der Waals surface area contributed by atoms with E-state index in [0.29, 0.717) is 0 Å². The van der Waals surface area contributed by atoms with Crippen LogP contribution in [0, 0.1) is 0 Å². The summed E-state index contributed by atoms with van der Waals surface area (Å²) < 4.78 is 25.2. The molecule has 0 saturated carbocycles. The fourth-order valence-electron chi connectivity index (χ4n) is 0.865. The van der Waals surface area contributed by atoms with Crippen LogP contribution in [0.3, 0.4) is 0 Å². The molecule has 1 aromatic rings. The van der Waals surface area contributed by atoms with Gasteiger partial charge in [0.2, 0.25) is 0 Å². The highest BCUT2D eigenvalue weighted by molar-refractivity contribution is 6.32. The summed E-state index contributed by atoms with van der Waals surface area (Å²) in [4.78, 5) is 10.4. The maximum absolute atomic E-state index is 12.2. The highest BCUT2D eigenvalue weighted by atomic mass is 35.5. The first-order valence-corrected chi connectivity index (χ1v) is 3.54. The fraction of sp³-hybridized carbons (Fsp3) is 0.333. The fourth-order valence-corrected chi connectivity index (χ4v) is 1.08. The molecule has 4 nitrogen and oxygen atoms in total. The molecule has 13 heavy (non-hydrogen) atoms. The van der Waals surface area contributed by atoms with E-state index in [1.54, 1.807) is 0 Å². The van der Waals surface area contributed by atoms with Crippen LogP contribution in [0.4, 0.5) is 8.78 Å². The number of carboxylic acids is 1. The second-order valence-electron chi connectivity index (χ2n) is 2.26. The van der Waals surface area contributed by atoms with Gasteiger partial charge in [0, 0.05) is 7.05 Å². The van der Waals surface area contributed by atoms with Crippen LogP contribution < -0.4 is 5.11 Å². The molecule has 1 heterocycles.